The van der Waals surface area contributed by atoms with E-state index in [1.54, 1.807) is 7.11 Å². The van der Waals surface area contributed by atoms with E-state index in [-0.39, 0.29) is 17.4 Å². The van der Waals surface area contributed by atoms with Crippen LogP contribution in [-0.4, -0.2) is 23.1 Å². The second kappa shape index (κ2) is 6.12. The Labute approximate surface area is 134 Å². The molecule has 0 radical (unpaired) electrons. The normalized spacial score (nSPS) is 12.3. The van der Waals surface area contributed by atoms with Gasteiger partial charge in [0.15, 0.2) is 0 Å². The maximum absolute atomic E-state index is 11.2. The lowest BCUT2D eigenvalue weighted by molar-refractivity contribution is -0.481. The van der Waals surface area contributed by atoms with Crippen molar-refractivity contribution in [3.8, 4) is 5.75 Å². The zero-order valence-electron chi connectivity index (χ0n) is 13.1. The van der Waals surface area contributed by atoms with Crippen molar-refractivity contribution in [3.63, 3.8) is 0 Å². The smallest absolute Gasteiger partial charge is 0.214 e. The molecular weight excluding hydrogens is 292 g/mol. The molecule has 0 bridgehead atoms. The molecule has 0 unspecified atom stereocenters. The van der Waals surface area contributed by atoms with E-state index < -0.39 is 0 Å². The van der Waals surface area contributed by atoms with Crippen LogP contribution in [0.3, 0.4) is 0 Å². The van der Waals surface area contributed by atoms with Gasteiger partial charge in [-0.15, -0.1) is 0 Å². The number of nitro groups is 1. The maximum Gasteiger partial charge on any atom is 0.214 e. The summed E-state index contributed by atoms with van der Waals surface area (Å²) in [7, 11) is 3.57. The number of rotatable bonds is 5. The van der Waals surface area contributed by atoms with Crippen LogP contribution in [0.2, 0.25) is 0 Å². The van der Waals surface area contributed by atoms with Crippen LogP contribution in [0.1, 0.15) is 17.0 Å². The van der Waals surface area contributed by atoms with Gasteiger partial charge in [-0.25, -0.2) is 0 Å². The van der Waals surface area contributed by atoms with Crippen molar-refractivity contribution < 1.29 is 9.66 Å². The second-order valence-corrected chi connectivity index (χ2v) is 5.55. The summed E-state index contributed by atoms with van der Waals surface area (Å²) in [6.07, 6.45) is 1.99. The predicted octanol–water partition coefficient (Wildman–Crippen LogP) is 3.60. The lowest BCUT2D eigenvalue weighted by atomic mass is 9.91. The molecule has 0 aliphatic heterocycles. The molecular formula is C18H18N2O3. The van der Waals surface area contributed by atoms with Crippen molar-refractivity contribution in [1.82, 2.24) is 4.57 Å². The SMILES string of the molecule is COc1ccc([C@H](C[N+](=O)[O-])c2cn(C)c3ccccc23)cc1. The average molecular weight is 310 g/mol. The number of benzene rings is 2. The average Bonchev–Trinajstić information content (AvgIpc) is 2.90. The van der Waals surface area contributed by atoms with E-state index in [0.29, 0.717) is 0 Å². The van der Waals surface area contributed by atoms with Gasteiger partial charge in [0.25, 0.3) is 0 Å². The maximum atomic E-state index is 11.2. The first-order valence-electron chi connectivity index (χ1n) is 7.40. The molecule has 3 rings (SSSR count). The van der Waals surface area contributed by atoms with Crippen LogP contribution in [0.25, 0.3) is 10.9 Å². The third-order valence-electron chi connectivity index (χ3n) is 4.15. The molecule has 2 aromatic carbocycles. The summed E-state index contributed by atoms with van der Waals surface area (Å²) in [6, 6.07) is 15.5. The molecule has 0 spiro atoms. The van der Waals surface area contributed by atoms with Crippen LogP contribution < -0.4 is 4.74 Å². The topological polar surface area (TPSA) is 57.3 Å². The fourth-order valence-electron chi connectivity index (χ4n) is 3.02. The Morgan fingerprint density at radius 2 is 1.87 bits per heavy atom. The molecule has 118 valence electrons. The summed E-state index contributed by atoms with van der Waals surface area (Å²) in [5, 5.41) is 12.2. The monoisotopic (exact) mass is 310 g/mol. The van der Waals surface area contributed by atoms with E-state index in [1.807, 2.05) is 66.3 Å². The summed E-state index contributed by atoms with van der Waals surface area (Å²) in [5.74, 6) is 0.452. The van der Waals surface area contributed by atoms with Crippen molar-refractivity contribution >= 4 is 10.9 Å². The number of para-hydroxylation sites is 1. The highest BCUT2D eigenvalue weighted by Gasteiger charge is 2.24. The Bertz CT molecular complexity index is 837. The van der Waals surface area contributed by atoms with Gasteiger partial charge in [-0.3, -0.25) is 10.1 Å². The van der Waals surface area contributed by atoms with Gasteiger partial charge < -0.3 is 9.30 Å². The number of hydrogen-bond donors (Lipinski definition) is 0. The molecule has 0 aliphatic rings. The molecule has 0 saturated carbocycles. The minimum absolute atomic E-state index is 0.139. The minimum Gasteiger partial charge on any atom is -0.497 e. The number of aryl methyl sites for hydroxylation is 1. The molecule has 0 amide bonds. The number of nitrogens with zero attached hydrogens (tertiary/aromatic N) is 2. The first kappa shape index (κ1) is 15.1. The van der Waals surface area contributed by atoms with Gasteiger partial charge >= 0.3 is 0 Å². The van der Waals surface area contributed by atoms with Crippen molar-refractivity contribution in [2.24, 2.45) is 7.05 Å². The summed E-state index contributed by atoms with van der Waals surface area (Å²) >= 11 is 0. The third kappa shape index (κ3) is 2.90. The lowest BCUT2D eigenvalue weighted by Gasteiger charge is -2.13. The van der Waals surface area contributed by atoms with Crippen LogP contribution in [0.4, 0.5) is 0 Å². The molecule has 1 heterocycles. The summed E-state index contributed by atoms with van der Waals surface area (Å²) in [6.45, 7) is -0.139. The van der Waals surface area contributed by atoms with Gasteiger partial charge in [-0.2, -0.15) is 0 Å². The highest BCUT2D eigenvalue weighted by molar-refractivity contribution is 5.85. The summed E-state index contributed by atoms with van der Waals surface area (Å²) in [4.78, 5) is 10.9. The van der Waals surface area contributed by atoms with Crippen molar-refractivity contribution in [1.29, 1.82) is 0 Å². The molecule has 5 nitrogen and oxygen atoms in total. The standard InChI is InChI=1S/C18H18N2O3/c1-19-11-17(15-5-3-4-6-18(15)19)16(12-20(21)22)13-7-9-14(23-2)10-8-13/h3-11,16H,12H2,1-2H3/t16-/m0/s1. The Kier molecular flexibility index (Phi) is 4.02. The second-order valence-electron chi connectivity index (χ2n) is 5.55. The van der Waals surface area contributed by atoms with Gasteiger partial charge in [0.1, 0.15) is 5.75 Å². The Hall–Kier alpha value is -2.82. The van der Waals surface area contributed by atoms with E-state index in [4.69, 9.17) is 4.74 Å². The lowest BCUT2D eigenvalue weighted by Crippen LogP contribution is -2.13. The molecule has 23 heavy (non-hydrogen) atoms. The number of hydrogen-bond acceptors (Lipinski definition) is 3. The number of ether oxygens (including phenoxy) is 1. The van der Waals surface area contributed by atoms with Gasteiger partial charge in [0.2, 0.25) is 6.54 Å². The van der Waals surface area contributed by atoms with Crippen molar-refractivity contribution in [2.45, 2.75) is 5.92 Å². The van der Waals surface area contributed by atoms with Crippen molar-refractivity contribution in [3.05, 3.63) is 76.0 Å². The van der Waals surface area contributed by atoms with E-state index >= 15 is 0 Å². The van der Waals surface area contributed by atoms with Gasteiger partial charge in [0, 0.05) is 29.1 Å². The van der Waals surface area contributed by atoms with Gasteiger partial charge in [-0.05, 0) is 29.3 Å². The number of methoxy groups -OCH3 is 1. The number of fused-ring (bicyclic) bond motifs is 1. The fourth-order valence-corrected chi connectivity index (χ4v) is 3.02. The molecule has 0 aliphatic carbocycles. The van der Waals surface area contributed by atoms with Gasteiger partial charge in [0.05, 0.1) is 13.0 Å². The number of aromatic nitrogens is 1. The molecule has 1 aromatic heterocycles. The van der Waals surface area contributed by atoms with Crippen LogP contribution in [0, 0.1) is 10.1 Å². The first-order chi connectivity index (χ1) is 11.1. The molecule has 5 heteroatoms. The molecule has 1 atom stereocenters. The Balaban J connectivity index is 2.12. The van der Waals surface area contributed by atoms with E-state index in [0.717, 1.165) is 27.8 Å². The highest BCUT2D eigenvalue weighted by Crippen LogP contribution is 2.32. The Morgan fingerprint density at radius 3 is 2.52 bits per heavy atom. The third-order valence-corrected chi connectivity index (χ3v) is 4.15. The van der Waals surface area contributed by atoms with E-state index in [1.165, 1.54) is 0 Å². The molecule has 3 aromatic rings. The van der Waals surface area contributed by atoms with Crippen LogP contribution in [0.5, 0.6) is 5.75 Å². The minimum atomic E-state index is -0.290. The summed E-state index contributed by atoms with van der Waals surface area (Å²) < 4.78 is 7.19. The summed E-state index contributed by atoms with van der Waals surface area (Å²) in [5.41, 5.74) is 2.97. The van der Waals surface area contributed by atoms with Gasteiger partial charge in [-0.1, -0.05) is 30.3 Å². The van der Waals surface area contributed by atoms with Crippen LogP contribution in [-0.2, 0) is 7.05 Å². The zero-order valence-corrected chi connectivity index (χ0v) is 13.1. The quantitative estimate of drug-likeness (QED) is 0.534. The molecule has 0 N–H and O–H groups in total. The predicted molar refractivity (Wildman–Crippen MR) is 89.6 cm³/mol. The first-order valence-corrected chi connectivity index (χ1v) is 7.40. The van der Waals surface area contributed by atoms with Crippen LogP contribution >= 0.6 is 0 Å². The highest BCUT2D eigenvalue weighted by atomic mass is 16.6. The van der Waals surface area contributed by atoms with E-state index in [9.17, 15) is 10.1 Å². The zero-order chi connectivity index (χ0) is 16.4. The fraction of sp³-hybridized carbons (Fsp3) is 0.222. The van der Waals surface area contributed by atoms with Crippen LogP contribution in [0.15, 0.2) is 54.7 Å². The molecule has 0 saturated heterocycles. The molecule has 0 fully saturated rings. The largest absolute Gasteiger partial charge is 0.497 e. The van der Waals surface area contributed by atoms with Crippen molar-refractivity contribution in [2.75, 3.05) is 13.7 Å². The van der Waals surface area contributed by atoms with E-state index in [2.05, 4.69) is 0 Å². The Morgan fingerprint density at radius 1 is 1.17 bits per heavy atom.